The molecule has 1 aliphatic carbocycles. The number of amides is 2. The van der Waals surface area contributed by atoms with E-state index in [2.05, 4.69) is 15.3 Å². The smallest absolute Gasteiger partial charge is 0.410 e. The molecule has 1 saturated carbocycles. The molecule has 1 N–H and O–H groups in total. The Morgan fingerprint density at radius 1 is 1.21 bits per heavy atom. The molecule has 0 bridgehead atoms. The third-order valence-corrected chi connectivity index (χ3v) is 6.34. The van der Waals surface area contributed by atoms with E-state index in [9.17, 15) is 9.59 Å². The monoisotopic (exact) mass is 399 g/mol. The van der Waals surface area contributed by atoms with E-state index in [1.807, 2.05) is 4.90 Å². The summed E-state index contributed by atoms with van der Waals surface area (Å²) in [7, 11) is 0. The van der Waals surface area contributed by atoms with Crippen molar-refractivity contribution in [3.63, 3.8) is 0 Å². The third-order valence-electron chi connectivity index (χ3n) is 6.34. The van der Waals surface area contributed by atoms with Gasteiger partial charge in [-0.25, -0.2) is 14.8 Å². The molecule has 0 aromatic carbocycles. The van der Waals surface area contributed by atoms with Crippen LogP contribution in [0.1, 0.15) is 29.6 Å². The van der Waals surface area contributed by atoms with Crippen LogP contribution in [-0.2, 0) is 9.47 Å². The first-order chi connectivity index (χ1) is 14.2. The van der Waals surface area contributed by atoms with Crippen LogP contribution in [0.5, 0.6) is 0 Å². The number of nitrogens with zero attached hydrogens (tertiary/aromatic N) is 4. The first-order valence-electron chi connectivity index (χ1n) is 10.3. The normalized spacial score (nSPS) is 26.3. The van der Waals surface area contributed by atoms with E-state index in [1.54, 1.807) is 29.2 Å². The van der Waals surface area contributed by atoms with Crippen LogP contribution in [0.25, 0.3) is 5.78 Å². The van der Waals surface area contributed by atoms with Gasteiger partial charge in [0.2, 0.25) is 5.78 Å². The molecule has 9 nitrogen and oxygen atoms in total. The van der Waals surface area contributed by atoms with E-state index in [-0.39, 0.29) is 18.1 Å². The molecule has 2 aliphatic heterocycles. The van der Waals surface area contributed by atoms with Crippen LogP contribution < -0.4 is 5.32 Å². The van der Waals surface area contributed by atoms with Gasteiger partial charge in [0.1, 0.15) is 6.10 Å². The van der Waals surface area contributed by atoms with E-state index >= 15 is 0 Å². The Labute approximate surface area is 168 Å². The minimum absolute atomic E-state index is 0.00443. The topological polar surface area (TPSA) is 98.1 Å². The highest BCUT2D eigenvalue weighted by Gasteiger charge is 2.56. The Balaban J connectivity index is 1.03. The van der Waals surface area contributed by atoms with Crippen molar-refractivity contribution in [2.24, 2.45) is 17.8 Å². The van der Waals surface area contributed by atoms with Crippen LogP contribution in [0.3, 0.4) is 0 Å². The Morgan fingerprint density at radius 3 is 2.79 bits per heavy atom. The summed E-state index contributed by atoms with van der Waals surface area (Å²) in [6, 6.07) is 0. The van der Waals surface area contributed by atoms with Crippen LogP contribution in [0.4, 0.5) is 4.79 Å². The molecule has 154 valence electrons. The van der Waals surface area contributed by atoms with Gasteiger partial charge in [-0.3, -0.25) is 9.20 Å². The van der Waals surface area contributed by atoms with E-state index in [1.165, 1.54) is 0 Å². The Bertz CT molecular complexity index is 897. The Morgan fingerprint density at radius 2 is 2.00 bits per heavy atom. The predicted octanol–water partition coefficient (Wildman–Crippen LogP) is 1.34. The number of carbonyl (C=O) groups excluding carboxylic acids is 2. The van der Waals surface area contributed by atoms with Crippen molar-refractivity contribution in [1.82, 2.24) is 24.6 Å². The van der Waals surface area contributed by atoms with Crippen molar-refractivity contribution in [2.45, 2.75) is 25.4 Å². The van der Waals surface area contributed by atoms with E-state index in [4.69, 9.17) is 9.47 Å². The Kier molecular flexibility index (Phi) is 4.83. The minimum Gasteiger partial charge on any atom is -0.446 e. The summed E-state index contributed by atoms with van der Waals surface area (Å²) in [4.78, 5) is 34.7. The van der Waals surface area contributed by atoms with Gasteiger partial charge >= 0.3 is 6.09 Å². The first kappa shape index (κ1) is 18.4. The fourth-order valence-corrected chi connectivity index (χ4v) is 4.63. The molecule has 3 fully saturated rings. The van der Waals surface area contributed by atoms with Crippen molar-refractivity contribution in [3.8, 4) is 0 Å². The number of imidazole rings is 1. The molecule has 2 aromatic heterocycles. The molecule has 4 heterocycles. The zero-order valence-electron chi connectivity index (χ0n) is 16.2. The summed E-state index contributed by atoms with van der Waals surface area (Å²) in [5.74, 6) is 2.11. The average molecular weight is 399 g/mol. The number of ether oxygens (including phenoxy) is 2. The SMILES string of the molecule is O=C(NCCC1C2CN(C(=O)OC3CCOCC3)CC12)c1cnc2nccn2c1. The van der Waals surface area contributed by atoms with Crippen molar-refractivity contribution in [1.29, 1.82) is 0 Å². The number of aromatic nitrogens is 3. The summed E-state index contributed by atoms with van der Waals surface area (Å²) >= 11 is 0. The third kappa shape index (κ3) is 3.78. The van der Waals surface area contributed by atoms with Gasteiger partial charge in [-0.15, -0.1) is 0 Å². The number of nitrogens with one attached hydrogen (secondary N) is 1. The number of rotatable bonds is 5. The van der Waals surface area contributed by atoms with Gasteiger partial charge in [0.05, 0.1) is 18.8 Å². The minimum atomic E-state index is -0.182. The summed E-state index contributed by atoms with van der Waals surface area (Å²) < 4.78 is 12.6. The van der Waals surface area contributed by atoms with E-state index < -0.39 is 0 Å². The molecule has 2 atom stereocenters. The number of hydrogen-bond donors (Lipinski definition) is 1. The lowest BCUT2D eigenvalue weighted by atomic mass is 10.1. The van der Waals surface area contributed by atoms with E-state index in [0.717, 1.165) is 32.4 Å². The van der Waals surface area contributed by atoms with Crippen LogP contribution in [0.15, 0.2) is 24.8 Å². The summed E-state index contributed by atoms with van der Waals surface area (Å²) in [6.07, 6.45) is 9.03. The van der Waals surface area contributed by atoms with Crippen LogP contribution in [-0.4, -0.2) is 70.2 Å². The fourth-order valence-electron chi connectivity index (χ4n) is 4.63. The van der Waals surface area contributed by atoms with Gasteiger partial charge in [-0.2, -0.15) is 0 Å². The van der Waals surface area contributed by atoms with Gasteiger partial charge < -0.3 is 19.7 Å². The van der Waals surface area contributed by atoms with Crippen LogP contribution >= 0.6 is 0 Å². The molecule has 3 aliphatic rings. The van der Waals surface area contributed by atoms with Crippen molar-refractivity contribution < 1.29 is 19.1 Å². The summed E-state index contributed by atoms with van der Waals surface area (Å²) in [5.41, 5.74) is 0.522. The number of hydrogen-bond acceptors (Lipinski definition) is 6. The van der Waals surface area contributed by atoms with Crippen molar-refractivity contribution in [3.05, 3.63) is 30.4 Å². The summed E-state index contributed by atoms with van der Waals surface area (Å²) in [6.45, 7) is 3.51. The van der Waals surface area contributed by atoms with Gasteiger partial charge in [-0.05, 0) is 24.2 Å². The maximum Gasteiger partial charge on any atom is 0.410 e. The lowest BCUT2D eigenvalue weighted by Gasteiger charge is -2.26. The second-order valence-corrected chi connectivity index (χ2v) is 8.11. The highest BCUT2D eigenvalue weighted by atomic mass is 16.6. The maximum absolute atomic E-state index is 12.3. The second kappa shape index (κ2) is 7.62. The molecule has 2 saturated heterocycles. The molecule has 2 unspecified atom stereocenters. The van der Waals surface area contributed by atoms with Gasteiger partial charge in [0.25, 0.3) is 5.91 Å². The number of likely N-dealkylation sites (tertiary alicyclic amines) is 1. The van der Waals surface area contributed by atoms with Crippen molar-refractivity contribution >= 4 is 17.8 Å². The zero-order valence-corrected chi connectivity index (χ0v) is 16.2. The molecular formula is C20H25N5O4. The lowest BCUT2D eigenvalue weighted by Crippen LogP contribution is -2.36. The second-order valence-electron chi connectivity index (χ2n) is 8.11. The fraction of sp³-hybridized carbons (Fsp3) is 0.600. The molecular weight excluding hydrogens is 374 g/mol. The van der Waals surface area contributed by atoms with Crippen LogP contribution in [0, 0.1) is 17.8 Å². The van der Waals surface area contributed by atoms with E-state index in [0.29, 0.717) is 48.9 Å². The Hall–Kier alpha value is -2.68. The van der Waals surface area contributed by atoms with Gasteiger partial charge in [0.15, 0.2) is 0 Å². The van der Waals surface area contributed by atoms with Crippen molar-refractivity contribution in [2.75, 3.05) is 32.8 Å². The first-order valence-corrected chi connectivity index (χ1v) is 10.3. The molecule has 9 heteroatoms. The molecule has 29 heavy (non-hydrogen) atoms. The quantitative estimate of drug-likeness (QED) is 0.815. The number of fused-ring (bicyclic) bond motifs is 2. The van der Waals surface area contributed by atoms with Crippen LogP contribution in [0.2, 0.25) is 0 Å². The maximum atomic E-state index is 12.3. The highest BCUT2D eigenvalue weighted by Crippen LogP contribution is 2.53. The standard InChI is InChI=1S/C20H25N5O4/c26-18(13-9-23-19-22-5-6-24(19)10-13)21-4-1-15-16-11-25(12-17(15)16)20(27)29-14-2-7-28-8-3-14/h5-6,9-10,14-17H,1-4,7-8,11-12H2,(H,21,26). The molecule has 0 radical (unpaired) electrons. The van der Waals surface area contributed by atoms with Gasteiger partial charge in [0, 0.05) is 57.3 Å². The number of carbonyl (C=O) groups is 2. The largest absolute Gasteiger partial charge is 0.446 e. The summed E-state index contributed by atoms with van der Waals surface area (Å²) in [5, 5.41) is 2.97. The molecule has 2 aromatic rings. The highest BCUT2D eigenvalue weighted by molar-refractivity contribution is 5.93. The van der Waals surface area contributed by atoms with Gasteiger partial charge in [-0.1, -0.05) is 0 Å². The molecule has 5 rings (SSSR count). The average Bonchev–Trinajstić information content (AvgIpc) is 3.11. The lowest BCUT2D eigenvalue weighted by molar-refractivity contribution is -0.00949. The zero-order chi connectivity index (χ0) is 19.8. The predicted molar refractivity (Wildman–Crippen MR) is 102 cm³/mol. The number of piperidine rings is 1. The molecule has 2 amide bonds. The molecule has 0 spiro atoms.